The Morgan fingerprint density at radius 3 is 2.35 bits per heavy atom. The number of rotatable bonds is 8. The lowest BCUT2D eigenvalue weighted by molar-refractivity contribution is -0.137. The van der Waals surface area contributed by atoms with E-state index in [4.69, 9.17) is 11.6 Å². The van der Waals surface area contributed by atoms with Gasteiger partial charge in [0.1, 0.15) is 0 Å². The molecule has 2 N–H and O–H groups in total. The van der Waals surface area contributed by atoms with E-state index in [2.05, 4.69) is 30.8 Å². The predicted octanol–water partition coefficient (Wildman–Crippen LogP) is 6.31. The monoisotopic (exact) mass is 513 g/mol. The van der Waals surface area contributed by atoms with Gasteiger partial charge in [0.05, 0.1) is 11.8 Å². The first-order chi connectivity index (χ1) is 15.7. The lowest BCUT2D eigenvalue weighted by Gasteiger charge is -2.19. The van der Waals surface area contributed by atoms with Crippen molar-refractivity contribution in [1.29, 1.82) is 0 Å². The second-order valence-corrected chi connectivity index (χ2v) is 7.41. The predicted molar refractivity (Wildman–Crippen MR) is 133 cm³/mol. The number of nitrogens with one attached hydrogen (secondary N) is 2. The van der Waals surface area contributed by atoms with E-state index in [1.165, 1.54) is 18.2 Å². The van der Waals surface area contributed by atoms with Gasteiger partial charge in [0.25, 0.3) is 0 Å². The molecule has 0 amide bonds. The summed E-state index contributed by atoms with van der Waals surface area (Å²) in [7, 11) is 0. The molecule has 34 heavy (non-hydrogen) atoms. The minimum Gasteiger partial charge on any atom is -0.341 e. The molecular formula is C22H24Cl2F3N7. The fourth-order valence-corrected chi connectivity index (χ4v) is 3.13. The molecule has 3 rings (SSSR count). The summed E-state index contributed by atoms with van der Waals surface area (Å²) in [6, 6.07) is 10.6. The number of halogens is 5. The summed E-state index contributed by atoms with van der Waals surface area (Å²) in [6.45, 7) is 7.11. The molecule has 182 valence electrons. The fraction of sp³-hybridized carbons (Fsp3) is 0.273. The van der Waals surface area contributed by atoms with Crippen LogP contribution in [0.25, 0.3) is 0 Å². The number of hydrogen-bond donors (Lipinski definition) is 2. The zero-order chi connectivity index (χ0) is 24.0. The average Bonchev–Trinajstić information content (AvgIpc) is 2.77. The summed E-state index contributed by atoms with van der Waals surface area (Å²) in [5.74, 6) is 0.706. The quantitative estimate of drug-likeness (QED) is 0.271. The maximum atomic E-state index is 13.2. The van der Waals surface area contributed by atoms with E-state index < -0.39 is 11.7 Å². The summed E-state index contributed by atoms with van der Waals surface area (Å²) in [6.07, 6.45) is -3.41. The number of aryl methyl sites for hydroxylation is 1. The molecule has 0 aliphatic rings. The van der Waals surface area contributed by atoms with Gasteiger partial charge in [-0.2, -0.15) is 33.2 Å². The molecular weight excluding hydrogens is 490 g/mol. The highest BCUT2D eigenvalue weighted by Crippen LogP contribution is 2.31. The van der Waals surface area contributed by atoms with Gasteiger partial charge in [-0.25, -0.2) is 5.43 Å². The molecule has 0 spiro atoms. The van der Waals surface area contributed by atoms with Crippen molar-refractivity contribution in [3.8, 4) is 0 Å². The summed E-state index contributed by atoms with van der Waals surface area (Å²) in [5, 5.41) is 7.58. The summed E-state index contributed by atoms with van der Waals surface area (Å²) < 4.78 is 39.6. The first kappa shape index (κ1) is 27.1. The first-order valence-electron chi connectivity index (χ1n) is 10.2. The van der Waals surface area contributed by atoms with Crippen molar-refractivity contribution in [1.82, 2.24) is 15.0 Å². The van der Waals surface area contributed by atoms with E-state index in [1.54, 1.807) is 6.07 Å². The van der Waals surface area contributed by atoms with E-state index in [9.17, 15) is 13.2 Å². The van der Waals surface area contributed by atoms with Gasteiger partial charge in [-0.05, 0) is 44.5 Å². The third kappa shape index (κ3) is 6.94. The molecule has 0 unspecified atom stereocenters. The highest BCUT2D eigenvalue weighted by molar-refractivity contribution is 6.31. The topological polar surface area (TPSA) is 78.3 Å². The Morgan fingerprint density at radius 2 is 1.71 bits per heavy atom. The minimum atomic E-state index is -4.49. The molecule has 12 heteroatoms. The second kappa shape index (κ2) is 11.8. The molecule has 0 fully saturated rings. The van der Waals surface area contributed by atoms with Crippen LogP contribution in [-0.4, -0.2) is 34.3 Å². The molecule has 7 nitrogen and oxygen atoms in total. The number of anilines is 4. The van der Waals surface area contributed by atoms with Gasteiger partial charge in [0.15, 0.2) is 0 Å². The largest absolute Gasteiger partial charge is 0.417 e. The number of hydrazone groups is 1. The molecule has 0 atom stereocenters. The summed E-state index contributed by atoms with van der Waals surface area (Å²) >= 11 is 6.20. The van der Waals surface area contributed by atoms with Gasteiger partial charge in [-0.15, -0.1) is 12.4 Å². The van der Waals surface area contributed by atoms with Crippen LogP contribution in [0.2, 0.25) is 5.02 Å². The average molecular weight is 514 g/mol. The number of aromatic nitrogens is 3. The normalized spacial score (nSPS) is 11.3. The standard InChI is InChI=1S/C22H23ClF3N7.ClH/c1-4-33(5-2)21-30-19(28-16-11-10-14(3)18(23)12-16)29-20(31-21)32-27-13-15-8-6-7-9-17(15)22(24,25)26;/h6-13H,4-5H2,1-3H3,(H2,28,29,30,31,32);1H. The van der Waals surface area contributed by atoms with Gasteiger partial charge in [-0.1, -0.05) is 35.9 Å². The van der Waals surface area contributed by atoms with E-state index in [0.29, 0.717) is 29.7 Å². The van der Waals surface area contributed by atoms with Gasteiger partial charge >= 0.3 is 6.18 Å². The van der Waals surface area contributed by atoms with Gasteiger partial charge < -0.3 is 10.2 Å². The molecule has 3 aromatic rings. The molecule has 0 aliphatic carbocycles. The second-order valence-electron chi connectivity index (χ2n) is 7.00. The number of alkyl halides is 3. The molecule has 0 saturated carbocycles. The van der Waals surface area contributed by atoms with Crippen LogP contribution in [0.15, 0.2) is 47.6 Å². The van der Waals surface area contributed by atoms with Crippen molar-refractivity contribution in [2.24, 2.45) is 5.10 Å². The van der Waals surface area contributed by atoms with Crippen molar-refractivity contribution in [2.75, 3.05) is 28.7 Å². The molecule has 0 radical (unpaired) electrons. The third-order valence-corrected chi connectivity index (χ3v) is 5.14. The van der Waals surface area contributed by atoms with Crippen LogP contribution in [-0.2, 0) is 6.18 Å². The zero-order valence-corrected chi connectivity index (χ0v) is 20.3. The third-order valence-electron chi connectivity index (χ3n) is 4.73. The molecule has 0 saturated heterocycles. The Labute approximate surface area is 206 Å². The minimum absolute atomic E-state index is 0. The van der Waals surface area contributed by atoms with E-state index in [0.717, 1.165) is 17.8 Å². The lowest BCUT2D eigenvalue weighted by atomic mass is 10.1. The Hall–Kier alpha value is -3.11. The van der Waals surface area contributed by atoms with Crippen LogP contribution < -0.4 is 15.6 Å². The van der Waals surface area contributed by atoms with Crippen LogP contribution in [0.1, 0.15) is 30.5 Å². The number of nitrogens with zero attached hydrogens (tertiary/aromatic N) is 5. The van der Waals surface area contributed by atoms with Gasteiger partial charge in [0.2, 0.25) is 17.8 Å². The van der Waals surface area contributed by atoms with Crippen molar-refractivity contribution in [3.05, 3.63) is 64.2 Å². The van der Waals surface area contributed by atoms with Crippen LogP contribution >= 0.6 is 24.0 Å². The van der Waals surface area contributed by atoms with Crippen molar-refractivity contribution in [3.63, 3.8) is 0 Å². The van der Waals surface area contributed by atoms with Crippen LogP contribution in [0.3, 0.4) is 0 Å². The maximum absolute atomic E-state index is 13.2. The zero-order valence-electron chi connectivity index (χ0n) is 18.7. The SMILES string of the molecule is CCN(CC)c1nc(NN=Cc2ccccc2C(F)(F)F)nc(Nc2ccc(C)c(Cl)c2)n1.Cl. The van der Waals surface area contributed by atoms with Crippen molar-refractivity contribution < 1.29 is 13.2 Å². The van der Waals surface area contributed by atoms with E-state index >= 15 is 0 Å². The highest BCUT2D eigenvalue weighted by atomic mass is 35.5. The molecule has 0 bridgehead atoms. The van der Waals surface area contributed by atoms with Crippen LogP contribution in [0.4, 0.5) is 36.7 Å². The smallest absolute Gasteiger partial charge is 0.341 e. The first-order valence-corrected chi connectivity index (χ1v) is 10.6. The molecule has 0 aliphatic heterocycles. The molecule has 1 aromatic heterocycles. The Bertz CT molecular complexity index is 1140. The van der Waals surface area contributed by atoms with Crippen molar-refractivity contribution >= 4 is 53.8 Å². The summed E-state index contributed by atoms with van der Waals surface area (Å²) in [4.78, 5) is 15.0. The fourth-order valence-electron chi connectivity index (χ4n) is 2.95. The van der Waals surface area contributed by atoms with Crippen molar-refractivity contribution in [2.45, 2.75) is 26.9 Å². The molecule has 2 aromatic carbocycles. The van der Waals surface area contributed by atoms with E-state index in [1.807, 2.05) is 37.8 Å². The Kier molecular flexibility index (Phi) is 9.46. The Morgan fingerprint density at radius 1 is 1.03 bits per heavy atom. The maximum Gasteiger partial charge on any atom is 0.417 e. The van der Waals surface area contributed by atoms with Gasteiger partial charge in [0, 0.05) is 29.4 Å². The number of benzene rings is 2. The Balaban J connectivity index is 0.00000408. The van der Waals surface area contributed by atoms with Gasteiger partial charge in [-0.3, -0.25) is 0 Å². The molecule has 1 heterocycles. The van der Waals surface area contributed by atoms with E-state index in [-0.39, 0.29) is 29.9 Å². The highest BCUT2D eigenvalue weighted by Gasteiger charge is 2.32. The van der Waals surface area contributed by atoms with Crippen LogP contribution in [0, 0.1) is 6.92 Å². The number of hydrogen-bond acceptors (Lipinski definition) is 7. The lowest BCUT2D eigenvalue weighted by Crippen LogP contribution is -2.25. The van der Waals surface area contributed by atoms with Crippen LogP contribution in [0.5, 0.6) is 0 Å². The summed E-state index contributed by atoms with van der Waals surface area (Å²) in [5.41, 5.74) is 3.35.